The highest BCUT2D eigenvalue weighted by molar-refractivity contribution is 7.07. The lowest BCUT2D eigenvalue weighted by atomic mass is 9.95. The first-order chi connectivity index (χ1) is 18.8. The van der Waals surface area contributed by atoms with Crippen LogP contribution in [0.2, 0.25) is 0 Å². The fourth-order valence-electron chi connectivity index (χ4n) is 4.20. The highest BCUT2D eigenvalue weighted by Gasteiger charge is 2.33. The number of aromatic nitrogens is 1. The predicted octanol–water partition coefficient (Wildman–Crippen LogP) is 3.01. The molecule has 1 aliphatic heterocycles. The summed E-state index contributed by atoms with van der Waals surface area (Å²) in [6.07, 6.45) is 1.58. The molecule has 0 amide bonds. The monoisotopic (exact) mass is 551 g/mol. The van der Waals surface area contributed by atoms with Gasteiger partial charge in [-0.3, -0.25) is 9.36 Å². The van der Waals surface area contributed by atoms with Crippen molar-refractivity contribution in [2.45, 2.75) is 26.8 Å². The summed E-state index contributed by atoms with van der Waals surface area (Å²) >= 11 is 1.19. The molecule has 0 spiro atoms. The molecule has 3 aromatic rings. The molecule has 0 fully saturated rings. The van der Waals surface area contributed by atoms with E-state index in [0.29, 0.717) is 50.0 Å². The van der Waals surface area contributed by atoms with Crippen molar-refractivity contribution in [1.82, 2.24) is 4.57 Å². The summed E-state index contributed by atoms with van der Waals surface area (Å²) in [6.45, 7) is 5.66. The number of nitrogens with zero attached hydrogens (tertiary/aromatic N) is 2. The first kappa shape index (κ1) is 27.6. The van der Waals surface area contributed by atoms with Crippen LogP contribution in [0.3, 0.4) is 0 Å². The van der Waals surface area contributed by atoms with Crippen LogP contribution in [0.4, 0.5) is 5.69 Å². The number of rotatable bonds is 9. The maximum absolute atomic E-state index is 13.7. The Morgan fingerprint density at radius 2 is 1.67 bits per heavy atom. The summed E-state index contributed by atoms with van der Waals surface area (Å²) in [4.78, 5) is 43.7. The van der Waals surface area contributed by atoms with Crippen molar-refractivity contribution in [3.05, 3.63) is 84.5 Å². The number of thiazole rings is 1. The molecule has 10 nitrogen and oxygen atoms in total. The Labute approximate surface area is 228 Å². The first-order valence-corrected chi connectivity index (χ1v) is 13.1. The molecule has 0 aliphatic carbocycles. The molecule has 1 aromatic heterocycles. The van der Waals surface area contributed by atoms with Crippen LogP contribution in [0, 0.1) is 0 Å². The molecular weight excluding hydrogens is 522 g/mol. The van der Waals surface area contributed by atoms with E-state index in [0.717, 1.165) is 0 Å². The number of esters is 2. The predicted molar refractivity (Wildman–Crippen MR) is 147 cm³/mol. The number of carbonyl (C=O) groups excluding carboxylic acids is 2. The van der Waals surface area contributed by atoms with Gasteiger partial charge >= 0.3 is 11.9 Å². The molecule has 4 rings (SSSR count). The van der Waals surface area contributed by atoms with Crippen LogP contribution in [0.5, 0.6) is 11.5 Å². The second-order valence-corrected chi connectivity index (χ2v) is 9.37. The first-order valence-electron chi connectivity index (χ1n) is 12.3. The number of fused-ring (bicyclic) bond motifs is 1. The van der Waals surface area contributed by atoms with Gasteiger partial charge in [-0.05, 0) is 62.7 Å². The number of methoxy groups -OCH3 is 2. The van der Waals surface area contributed by atoms with Gasteiger partial charge in [-0.1, -0.05) is 17.4 Å². The summed E-state index contributed by atoms with van der Waals surface area (Å²) in [6, 6.07) is 11.2. The van der Waals surface area contributed by atoms with E-state index in [2.05, 4.69) is 10.3 Å². The molecule has 39 heavy (non-hydrogen) atoms. The second kappa shape index (κ2) is 12.0. The zero-order chi connectivity index (χ0) is 28.1. The number of carbonyl (C=O) groups is 2. The van der Waals surface area contributed by atoms with Gasteiger partial charge < -0.3 is 24.3 Å². The Morgan fingerprint density at radius 3 is 2.31 bits per heavy atom. The number of nitrogens with one attached hydrogen (secondary N) is 1. The highest BCUT2D eigenvalue weighted by Crippen LogP contribution is 2.36. The van der Waals surface area contributed by atoms with Crippen LogP contribution in [0.25, 0.3) is 6.20 Å². The van der Waals surface area contributed by atoms with Gasteiger partial charge in [0, 0.05) is 11.9 Å². The van der Waals surface area contributed by atoms with Gasteiger partial charge in [0.1, 0.15) is 4.53 Å². The molecule has 0 unspecified atom stereocenters. The van der Waals surface area contributed by atoms with Gasteiger partial charge in [0.15, 0.2) is 16.3 Å². The third kappa shape index (κ3) is 5.58. The molecule has 0 bridgehead atoms. The maximum Gasteiger partial charge on any atom is 0.338 e. The van der Waals surface area contributed by atoms with Gasteiger partial charge in [0.05, 0.1) is 50.3 Å². The molecule has 204 valence electrons. The van der Waals surface area contributed by atoms with Gasteiger partial charge in [0.25, 0.3) is 5.56 Å². The zero-order valence-corrected chi connectivity index (χ0v) is 23.1. The largest absolute Gasteiger partial charge is 0.493 e. The summed E-state index contributed by atoms with van der Waals surface area (Å²) in [7, 11) is 3.05. The average molecular weight is 552 g/mol. The topological polar surface area (TPSA) is 117 Å². The quantitative estimate of drug-likeness (QED) is 0.404. The third-order valence-corrected chi connectivity index (χ3v) is 6.99. The fourth-order valence-corrected chi connectivity index (χ4v) is 5.17. The number of hydrogen-bond donors (Lipinski definition) is 1. The second-order valence-electron chi connectivity index (χ2n) is 8.36. The Kier molecular flexibility index (Phi) is 8.50. The normalized spacial score (nSPS) is 14.8. The third-order valence-electron chi connectivity index (χ3n) is 6.01. The molecule has 1 aliphatic rings. The molecule has 0 radical (unpaired) electrons. The van der Waals surface area contributed by atoms with Crippen LogP contribution < -0.4 is 29.7 Å². The zero-order valence-electron chi connectivity index (χ0n) is 22.3. The minimum atomic E-state index is -0.786. The number of hydrogen-bond acceptors (Lipinski definition) is 10. The van der Waals surface area contributed by atoms with Gasteiger partial charge in [0.2, 0.25) is 0 Å². The molecule has 11 heteroatoms. The van der Waals surface area contributed by atoms with Gasteiger partial charge in [-0.15, -0.1) is 0 Å². The SMILES string of the molecule is CCOC(=O)C1=C(C)N=c2s/c(=C\Nc3ccc(C(=O)OCC)cc3)c(=O)n2[C@@H]1c1ccc(OC)c(OC)c1. The minimum absolute atomic E-state index is 0.178. The fraction of sp³-hybridized carbons (Fsp3) is 0.286. The van der Waals surface area contributed by atoms with E-state index in [4.69, 9.17) is 18.9 Å². The molecule has 0 saturated carbocycles. The van der Waals surface area contributed by atoms with Gasteiger partial charge in [-0.25, -0.2) is 14.6 Å². The van der Waals surface area contributed by atoms with Crippen molar-refractivity contribution in [2.24, 2.45) is 4.99 Å². The number of anilines is 1. The molecule has 2 heterocycles. The molecule has 2 aromatic carbocycles. The number of ether oxygens (including phenoxy) is 4. The maximum atomic E-state index is 13.7. The van der Waals surface area contributed by atoms with Crippen molar-refractivity contribution in [3.8, 4) is 11.5 Å². The van der Waals surface area contributed by atoms with E-state index in [1.165, 1.54) is 30.1 Å². The smallest absolute Gasteiger partial charge is 0.338 e. The Bertz CT molecular complexity index is 1600. The Hall–Kier alpha value is -4.38. The van der Waals surface area contributed by atoms with Crippen LogP contribution in [-0.4, -0.2) is 43.9 Å². The van der Waals surface area contributed by atoms with Crippen molar-refractivity contribution < 1.29 is 28.5 Å². The van der Waals surface area contributed by atoms with E-state index in [-0.39, 0.29) is 17.7 Å². The van der Waals surface area contributed by atoms with Crippen LogP contribution in [0.15, 0.2) is 63.5 Å². The van der Waals surface area contributed by atoms with Crippen LogP contribution in [-0.2, 0) is 14.3 Å². The van der Waals surface area contributed by atoms with Crippen molar-refractivity contribution in [2.75, 3.05) is 32.8 Å². The van der Waals surface area contributed by atoms with Crippen molar-refractivity contribution in [1.29, 1.82) is 0 Å². The summed E-state index contributed by atoms with van der Waals surface area (Å²) in [5.41, 5.74) is 2.14. The molecular formula is C28H29N3O7S. The Balaban J connectivity index is 1.78. The van der Waals surface area contributed by atoms with E-state index < -0.39 is 18.0 Å². The average Bonchev–Trinajstić information content (AvgIpc) is 3.25. The Morgan fingerprint density at radius 1 is 1.00 bits per heavy atom. The molecule has 1 N–H and O–H groups in total. The molecule has 1 atom stereocenters. The van der Waals surface area contributed by atoms with E-state index >= 15 is 0 Å². The standard InChI is InChI=1S/C28H29N3O7S/c1-6-37-26(33)17-8-11-19(12-9-17)29-15-22-25(32)31-24(18-10-13-20(35-4)21(14-18)36-5)23(27(34)38-7-2)16(3)30-28(31)39-22/h8-15,24,29H,6-7H2,1-5H3/b22-15-/t24-/m1/s1. The van der Waals surface area contributed by atoms with Crippen molar-refractivity contribution in [3.63, 3.8) is 0 Å². The summed E-state index contributed by atoms with van der Waals surface area (Å²) in [5, 5.41) is 3.10. The minimum Gasteiger partial charge on any atom is -0.493 e. The molecule has 0 saturated heterocycles. The van der Waals surface area contributed by atoms with E-state index in [1.807, 2.05) is 0 Å². The lowest BCUT2D eigenvalue weighted by molar-refractivity contribution is -0.139. The number of benzene rings is 2. The van der Waals surface area contributed by atoms with E-state index in [1.54, 1.807) is 69.4 Å². The summed E-state index contributed by atoms with van der Waals surface area (Å²) in [5.74, 6) is 0.0288. The van der Waals surface area contributed by atoms with Crippen LogP contribution in [0.1, 0.15) is 42.7 Å². The summed E-state index contributed by atoms with van der Waals surface area (Å²) < 4.78 is 23.1. The lowest BCUT2D eigenvalue weighted by Crippen LogP contribution is -2.40. The van der Waals surface area contributed by atoms with Gasteiger partial charge in [-0.2, -0.15) is 0 Å². The number of allylic oxidation sites excluding steroid dienone is 1. The van der Waals surface area contributed by atoms with Crippen molar-refractivity contribution >= 4 is 35.2 Å². The van der Waals surface area contributed by atoms with E-state index in [9.17, 15) is 14.4 Å². The highest BCUT2D eigenvalue weighted by atomic mass is 32.1. The lowest BCUT2D eigenvalue weighted by Gasteiger charge is -2.25. The van der Waals surface area contributed by atoms with Crippen LogP contribution >= 0.6 is 11.3 Å².